The van der Waals surface area contributed by atoms with Crippen LogP contribution in [0.4, 0.5) is 0 Å². The van der Waals surface area contributed by atoms with Crippen LogP contribution in [0.1, 0.15) is 46.0 Å². The molecule has 1 saturated carbocycles. The molecule has 2 heteroatoms. The standard InChI is InChI=1S/C10H22N2/c1-3-10(2,12)8-4-6-9(11)7-5-8/h8-9H,3-7,11-12H2,1-2H3. The molecule has 1 rings (SSSR count). The maximum atomic E-state index is 6.20. The molecule has 2 nitrogen and oxygen atoms in total. The summed E-state index contributed by atoms with van der Waals surface area (Å²) < 4.78 is 0. The van der Waals surface area contributed by atoms with Crippen LogP contribution in [0, 0.1) is 5.92 Å². The van der Waals surface area contributed by atoms with E-state index in [4.69, 9.17) is 11.5 Å². The van der Waals surface area contributed by atoms with Crippen molar-refractivity contribution in [2.24, 2.45) is 17.4 Å². The third-order valence-electron chi connectivity index (χ3n) is 3.47. The number of rotatable bonds is 2. The molecule has 72 valence electrons. The van der Waals surface area contributed by atoms with Crippen LogP contribution in [0.5, 0.6) is 0 Å². The van der Waals surface area contributed by atoms with E-state index in [1.54, 1.807) is 0 Å². The average molecular weight is 170 g/mol. The first-order chi connectivity index (χ1) is 5.56. The molecule has 4 N–H and O–H groups in total. The first kappa shape index (κ1) is 10.0. The molecule has 0 amide bonds. The van der Waals surface area contributed by atoms with E-state index in [0.29, 0.717) is 12.0 Å². The monoisotopic (exact) mass is 170 g/mol. The van der Waals surface area contributed by atoms with Crippen molar-refractivity contribution in [1.29, 1.82) is 0 Å². The molecule has 0 heterocycles. The van der Waals surface area contributed by atoms with Gasteiger partial charge in [0.15, 0.2) is 0 Å². The van der Waals surface area contributed by atoms with E-state index < -0.39 is 0 Å². The van der Waals surface area contributed by atoms with Crippen molar-refractivity contribution in [3.05, 3.63) is 0 Å². The van der Waals surface area contributed by atoms with Crippen LogP contribution >= 0.6 is 0 Å². The molecule has 0 aliphatic heterocycles. The smallest absolute Gasteiger partial charge is 0.0151 e. The fourth-order valence-corrected chi connectivity index (χ4v) is 2.07. The zero-order valence-corrected chi connectivity index (χ0v) is 8.34. The summed E-state index contributed by atoms with van der Waals surface area (Å²) in [6, 6.07) is 0.439. The second-order valence-corrected chi connectivity index (χ2v) is 4.47. The van der Waals surface area contributed by atoms with Crippen molar-refractivity contribution in [2.45, 2.75) is 57.5 Å². The molecule has 0 radical (unpaired) electrons. The van der Waals surface area contributed by atoms with Crippen molar-refractivity contribution < 1.29 is 0 Å². The van der Waals surface area contributed by atoms with Crippen molar-refractivity contribution in [3.63, 3.8) is 0 Å². The van der Waals surface area contributed by atoms with E-state index in [1.165, 1.54) is 12.8 Å². The van der Waals surface area contributed by atoms with Crippen LogP contribution < -0.4 is 11.5 Å². The third-order valence-corrected chi connectivity index (χ3v) is 3.47. The molecule has 1 aliphatic rings. The summed E-state index contributed by atoms with van der Waals surface area (Å²) in [7, 11) is 0. The van der Waals surface area contributed by atoms with Gasteiger partial charge in [0.1, 0.15) is 0 Å². The molecule has 1 atom stereocenters. The molecular weight excluding hydrogens is 148 g/mol. The Bertz CT molecular complexity index is 135. The van der Waals surface area contributed by atoms with Gasteiger partial charge in [0.05, 0.1) is 0 Å². The van der Waals surface area contributed by atoms with Crippen molar-refractivity contribution >= 4 is 0 Å². The SMILES string of the molecule is CCC(C)(N)C1CCC(N)CC1. The van der Waals surface area contributed by atoms with Gasteiger partial charge in [0, 0.05) is 11.6 Å². The lowest BCUT2D eigenvalue weighted by molar-refractivity contribution is 0.205. The molecule has 12 heavy (non-hydrogen) atoms. The van der Waals surface area contributed by atoms with Gasteiger partial charge in [-0.2, -0.15) is 0 Å². The van der Waals surface area contributed by atoms with E-state index in [1.807, 2.05) is 0 Å². The quantitative estimate of drug-likeness (QED) is 0.662. The predicted molar refractivity (Wildman–Crippen MR) is 52.8 cm³/mol. The molecule has 0 aromatic carbocycles. The van der Waals surface area contributed by atoms with Crippen LogP contribution in [-0.4, -0.2) is 11.6 Å². The van der Waals surface area contributed by atoms with E-state index in [9.17, 15) is 0 Å². The van der Waals surface area contributed by atoms with E-state index in [-0.39, 0.29) is 5.54 Å². The Hall–Kier alpha value is -0.0800. The minimum absolute atomic E-state index is 0.0418. The molecule has 0 bridgehead atoms. The van der Waals surface area contributed by atoms with Gasteiger partial charge in [0.25, 0.3) is 0 Å². The van der Waals surface area contributed by atoms with Gasteiger partial charge in [-0.25, -0.2) is 0 Å². The normalized spacial score (nSPS) is 36.0. The molecule has 0 spiro atoms. The summed E-state index contributed by atoms with van der Waals surface area (Å²) in [4.78, 5) is 0. The van der Waals surface area contributed by atoms with Gasteiger partial charge in [-0.05, 0) is 44.9 Å². The first-order valence-electron chi connectivity index (χ1n) is 5.10. The number of hydrogen-bond donors (Lipinski definition) is 2. The van der Waals surface area contributed by atoms with E-state index in [2.05, 4.69) is 13.8 Å². The zero-order chi connectivity index (χ0) is 9.19. The van der Waals surface area contributed by atoms with Gasteiger partial charge >= 0.3 is 0 Å². The van der Waals surface area contributed by atoms with Crippen molar-refractivity contribution in [1.82, 2.24) is 0 Å². The Morgan fingerprint density at radius 1 is 1.25 bits per heavy atom. The van der Waals surface area contributed by atoms with Gasteiger partial charge in [0.2, 0.25) is 0 Å². The highest BCUT2D eigenvalue weighted by molar-refractivity contribution is 4.89. The lowest BCUT2D eigenvalue weighted by Gasteiger charge is -2.37. The average Bonchev–Trinajstić information content (AvgIpc) is 2.05. The molecule has 1 fully saturated rings. The Morgan fingerprint density at radius 3 is 2.17 bits per heavy atom. The van der Waals surface area contributed by atoms with E-state index >= 15 is 0 Å². The summed E-state index contributed by atoms with van der Waals surface area (Å²) in [5, 5.41) is 0. The van der Waals surface area contributed by atoms with E-state index in [0.717, 1.165) is 19.3 Å². The fraction of sp³-hybridized carbons (Fsp3) is 1.00. The number of nitrogens with two attached hydrogens (primary N) is 2. The van der Waals surface area contributed by atoms with Crippen LogP contribution in [0.15, 0.2) is 0 Å². The summed E-state index contributed by atoms with van der Waals surface area (Å²) in [6.45, 7) is 4.35. The summed E-state index contributed by atoms with van der Waals surface area (Å²) in [5.74, 6) is 0.697. The molecule has 0 saturated heterocycles. The first-order valence-corrected chi connectivity index (χ1v) is 5.10. The summed E-state index contributed by atoms with van der Waals surface area (Å²) in [6.07, 6.45) is 5.85. The third kappa shape index (κ3) is 2.20. The summed E-state index contributed by atoms with van der Waals surface area (Å²) in [5.41, 5.74) is 12.1. The Kier molecular flexibility index (Phi) is 3.13. The van der Waals surface area contributed by atoms with Crippen LogP contribution in [0.2, 0.25) is 0 Å². The Balaban J connectivity index is 2.44. The van der Waals surface area contributed by atoms with Gasteiger partial charge in [-0.15, -0.1) is 0 Å². The molecular formula is C10H22N2. The van der Waals surface area contributed by atoms with Crippen LogP contribution in [-0.2, 0) is 0 Å². The fourth-order valence-electron chi connectivity index (χ4n) is 2.07. The van der Waals surface area contributed by atoms with Gasteiger partial charge in [-0.1, -0.05) is 6.92 Å². The highest BCUT2D eigenvalue weighted by atomic mass is 14.7. The van der Waals surface area contributed by atoms with Crippen LogP contribution in [0.3, 0.4) is 0 Å². The maximum Gasteiger partial charge on any atom is 0.0151 e. The highest BCUT2D eigenvalue weighted by Gasteiger charge is 2.31. The molecule has 1 aliphatic carbocycles. The Labute approximate surface area is 75.7 Å². The molecule has 0 aromatic heterocycles. The minimum Gasteiger partial charge on any atom is -0.328 e. The predicted octanol–water partition coefficient (Wildman–Crippen LogP) is 1.63. The molecule has 1 unspecified atom stereocenters. The van der Waals surface area contributed by atoms with Crippen LogP contribution in [0.25, 0.3) is 0 Å². The number of hydrogen-bond acceptors (Lipinski definition) is 2. The summed E-state index contributed by atoms with van der Waals surface area (Å²) >= 11 is 0. The largest absolute Gasteiger partial charge is 0.328 e. The van der Waals surface area contributed by atoms with Gasteiger partial charge in [-0.3, -0.25) is 0 Å². The minimum atomic E-state index is 0.0418. The van der Waals surface area contributed by atoms with Gasteiger partial charge < -0.3 is 11.5 Å². The lowest BCUT2D eigenvalue weighted by atomic mass is 9.74. The molecule has 0 aromatic rings. The Morgan fingerprint density at radius 2 is 1.75 bits per heavy atom. The topological polar surface area (TPSA) is 52.0 Å². The highest BCUT2D eigenvalue weighted by Crippen LogP contribution is 2.32. The second kappa shape index (κ2) is 3.75. The second-order valence-electron chi connectivity index (χ2n) is 4.47. The van der Waals surface area contributed by atoms with Crippen molar-refractivity contribution in [2.75, 3.05) is 0 Å². The maximum absolute atomic E-state index is 6.20. The zero-order valence-electron chi connectivity index (χ0n) is 8.34. The van der Waals surface area contributed by atoms with Crippen molar-refractivity contribution in [3.8, 4) is 0 Å². The lowest BCUT2D eigenvalue weighted by Crippen LogP contribution is -2.46.